The van der Waals surface area contributed by atoms with Gasteiger partial charge < -0.3 is 15.0 Å². The zero-order valence-corrected chi connectivity index (χ0v) is 11.2. The SMILES string of the molecule is CCN(CC)C(=O)COCCC1CCCCN1. The molecular weight excluding hydrogens is 216 g/mol. The Kier molecular flexibility index (Phi) is 7.21. The summed E-state index contributed by atoms with van der Waals surface area (Å²) in [7, 11) is 0. The number of hydrogen-bond acceptors (Lipinski definition) is 3. The van der Waals surface area contributed by atoms with Gasteiger partial charge in [0, 0.05) is 25.7 Å². The molecule has 4 heteroatoms. The second-order valence-electron chi connectivity index (χ2n) is 4.55. The molecule has 0 aliphatic carbocycles. The maximum atomic E-state index is 11.6. The standard InChI is InChI=1S/C13H26N2O2/c1-3-15(4-2)13(16)11-17-10-8-12-7-5-6-9-14-12/h12,14H,3-11H2,1-2H3. The van der Waals surface area contributed by atoms with E-state index in [2.05, 4.69) is 5.32 Å². The largest absolute Gasteiger partial charge is 0.372 e. The molecule has 4 nitrogen and oxygen atoms in total. The van der Waals surface area contributed by atoms with Gasteiger partial charge in [-0.3, -0.25) is 4.79 Å². The van der Waals surface area contributed by atoms with Crippen molar-refractivity contribution in [3.8, 4) is 0 Å². The molecule has 1 fully saturated rings. The van der Waals surface area contributed by atoms with Crippen LogP contribution in [0.2, 0.25) is 0 Å². The Morgan fingerprint density at radius 1 is 1.35 bits per heavy atom. The Morgan fingerprint density at radius 2 is 2.12 bits per heavy atom. The third-order valence-corrected chi connectivity index (χ3v) is 3.36. The molecule has 1 saturated heterocycles. The molecule has 0 aromatic rings. The van der Waals surface area contributed by atoms with E-state index in [1.54, 1.807) is 4.90 Å². The smallest absolute Gasteiger partial charge is 0.248 e. The lowest BCUT2D eigenvalue weighted by Gasteiger charge is -2.23. The number of nitrogens with zero attached hydrogens (tertiary/aromatic N) is 1. The summed E-state index contributed by atoms with van der Waals surface area (Å²) in [6.07, 6.45) is 4.87. The molecule has 1 aliphatic rings. The lowest BCUT2D eigenvalue weighted by Crippen LogP contribution is -2.36. The van der Waals surface area contributed by atoms with Crippen LogP contribution < -0.4 is 5.32 Å². The van der Waals surface area contributed by atoms with Gasteiger partial charge >= 0.3 is 0 Å². The number of carbonyl (C=O) groups is 1. The van der Waals surface area contributed by atoms with Gasteiger partial charge in [-0.1, -0.05) is 6.42 Å². The van der Waals surface area contributed by atoms with Gasteiger partial charge in [-0.2, -0.15) is 0 Å². The molecule has 1 aliphatic heterocycles. The zero-order valence-electron chi connectivity index (χ0n) is 11.2. The molecule has 1 N–H and O–H groups in total. The normalized spacial score (nSPS) is 20.2. The Balaban J connectivity index is 2.04. The van der Waals surface area contributed by atoms with E-state index in [-0.39, 0.29) is 12.5 Å². The van der Waals surface area contributed by atoms with Crippen LogP contribution in [-0.4, -0.2) is 49.7 Å². The first kappa shape index (κ1) is 14.5. The molecule has 0 bridgehead atoms. The molecule has 1 heterocycles. The average molecular weight is 242 g/mol. The Labute approximate surface area is 105 Å². The lowest BCUT2D eigenvalue weighted by molar-refractivity contribution is -0.135. The summed E-state index contributed by atoms with van der Waals surface area (Å²) in [6.45, 7) is 7.56. The molecule has 0 aromatic heterocycles. The maximum Gasteiger partial charge on any atom is 0.248 e. The quantitative estimate of drug-likeness (QED) is 0.686. The topological polar surface area (TPSA) is 41.6 Å². The number of piperidine rings is 1. The van der Waals surface area contributed by atoms with Crippen LogP contribution in [0.1, 0.15) is 39.5 Å². The first-order valence-corrected chi connectivity index (χ1v) is 6.86. The van der Waals surface area contributed by atoms with E-state index in [1.165, 1.54) is 19.3 Å². The number of carbonyl (C=O) groups excluding carboxylic acids is 1. The summed E-state index contributed by atoms with van der Waals surface area (Å²) in [5.41, 5.74) is 0. The fraction of sp³-hybridized carbons (Fsp3) is 0.923. The summed E-state index contributed by atoms with van der Waals surface area (Å²) >= 11 is 0. The fourth-order valence-corrected chi connectivity index (χ4v) is 2.22. The second kappa shape index (κ2) is 8.48. The van der Waals surface area contributed by atoms with Gasteiger partial charge in [-0.05, 0) is 39.7 Å². The average Bonchev–Trinajstić information content (AvgIpc) is 2.37. The lowest BCUT2D eigenvalue weighted by atomic mass is 10.0. The number of amides is 1. The molecule has 100 valence electrons. The van der Waals surface area contributed by atoms with Gasteiger partial charge in [0.1, 0.15) is 6.61 Å². The van der Waals surface area contributed by atoms with Gasteiger partial charge in [0.25, 0.3) is 0 Å². The Hall–Kier alpha value is -0.610. The monoisotopic (exact) mass is 242 g/mol. The molecule has 0 radical (unpaired) electrons. The van der Waals surface area contributed by atoms with Crippen molar-refractivity contribution in [2.45, 2.75) is 45.6 Å². The van der Waals surface area contributed by atoms with Crippen LogP contribution in [0.5, 0.6) is 0 Å². The summed E-state index contributed by atoms with van der Waals surface area (Å²) < 4.78 is 5.45. The van der Waals surface area contributed by atoms with E-state index in [0.717, 1.165) is 26.1 Å². The van der Waals surface area contributed by atoms with Crippen molar-refractivity contribution in [2.75, 3.05) is 32.8 Å². The van der Waals surface area contributed by atoms with Gasteiger partial charge in [0.2, 0.25) is 5.91 Å². The Bertz CT molecular complexity index is 211. The molecular formula is C13H26N2O2. The van der Waals surface area contributed by atoms with Gasteiger partial charge in [0.05, 0.1) is 0 Å². The van der Waals surface area contributed by atoms with E-state index >= 15 is 0 Å². The summed E-state index contributed by atoms with van der Waals surface area (Å²) in [4.78, 5) is 13.4. The number of ether oxygens (including phenoxy) is 1. The minimum Gasteiger partial charge on any atom is -0.372 e. The van der Waals surface area contributed by atoms with Crippen molar-refractivity contribution in [1.82, 2.24) is 10.2 Å². The predicted octanol–water partition coefficient (Wildman–Crippen LogP) is 1.40. The molecule has 0 aromatic carbocycles. The third kappa shape index (κ3) is 5.50. The van der Waals surface area contributed by atoms with Crippen molar-refractivity contribution in [3.63, 3.8) is 0 Å². The van der Waals surface area contributed by atoms with E-state index in [4.69, 9.17) is 4.74 Å². The van der Waals surface area contributed by atoms with E-state index in [1.807, 2.05) is 13.8 Å². The van der Waals surface area contributed by atoms with Crippen molar-refractivity contribution in [2.24, 2.45) is 0 Å². The van der Waals surface area contributed by atoms with Gasteiger partial charge in [0.15, 0.2) is 0 Å². The first-order chi connectivity index (χ1) is 8.27. The third-order valence-electron chi connectivity index (χ3n) is 3.36. The van der Waals surface area contributed by atoms with Crippen molar-refractivity contribution in [3.05, 3.63) is 0 Å². The molecule has 1 atom stereocenters. The van der Waals surface area contributed by atoms with Crippen molar-refractivity contribution < 1.29 is 9.53 Å². The second-order valence-corrected chi connectivity index (χ2v) is 4.55. The summed E-state index contributed by atoms with van der Waals surface area (Å²) in [6, 6.07) is 0.590. The predicted molar refractivity (Wildman–Crippen MR) is 69.0 cm³/mol. The highest BCUT2D eigenvalue weighted by Crippen LogP contribution is 2.09. The zero-order chi connectivity index (χ0) is 12.5. The van der Waals surface area contributed by atoms with Crippen LogP contribution in [0.3, 0.4) is 0 Å². The minimum atomic E-state index is 0.103. The van der Waals surface area contributed by atoms with Gasteiger partial charge in [-0.25, -0.2) is 0 Å². The summed E-state index contributed by atoms with van der Waals surface area (Å²) in [5.74, 6) is 0.103. The molecule has 1 unspecified atom stereocenters. The molecule has 0 saturated carbocycles. The van der Waals surface area contributed by atoms with Crippen LogP contribution in [0.25, 0.3) is 0 Å². The molecule has 1 amide bonds. The number of hydrogen-bond donors (Lipinski definition) is 1. The van der Waals surface area contributed by atoms with E-state index in [9.17, 15) is 4.79 Å². The van der Waals surface area contributed by atoms with Crippen molar-refractivity contribution >= 4 is 5.91 Å². The minimum absolute atomic E-state index is 0.103. The van der Waals surface area contributed by atoms with Crippen LogP contribution in [0, 0.1) is 0 Å². The number of likely N-dealkylation sites (N-methyl/N-ethyl adjacent to an activating group) is 1. The maximum absolute atomic E-state index is 11.6. The van der Waals surface area contributed by atoms with E-state index < -0.39 is 0 Å². The highest BCUT2D eigenvalue weighted by atomic mass is 16.5. The van der Waals surface area contributed by atoms with Crippen LogP contribution in [0.15, 0.2) is 0 Å². The van der Waals surface area contributed by atoms with Crippen molar-refractivity contribution in [1.29, 1.82) is 0 Å². The van der Waals surface area contributed by atoms with Crippen LogP contribution in [0.4, 0.5) is 0 Å². The van der Waals surface area contributed by atoms with E-state index in [0.29, 0.717) is 12.6 Å². The fourth-order valence-electron chi connectivity index (χ4n) is 2.22. The summed E-state index contributed by atoms with van der Waals surface area (Å²) in [5, 5.41) is 3.48. The first-order valence-electron chi connectivity index (χ1n) is 6.86. The molecule has 0 spiro atoms. The van der Waals surface area contributed by atoms with Gasteiger partial charge in [-0.15, -0.1) is 0 Å². The number of rotatable bonds is 7. The molecule has 17 heavy (non-hydrogen) atoms. The molecule has 1 rings (SSSR count). The van der Waals surface area contributed by atoms with Crippen LogP contribution >= 0.6 is 0 Å². The highest BCUT2D eigenvalue weighted by Gasteiger charge is 2.13. The number of nitrogens with one attached hydrogen (secondary N) is 1. The van der Waals surface area contributed by atoms with Crippen LogP contribution in [-0.2, 0) is 9.53 Å². The highest BCUT2D eigenvalue weighted by molar-refractivity contribution is 5.77. The Morgan fingerprint density at radius 3 is 2.71 bits per heavy atom.